The summed E-state index contributed by atoms with van der Waals surface area (Å²) in [6.45, 7) is 2.98. The maximum atomic E-state index is 14.7. The van der Waals surface area contributed by atoms with Gasteiger partial charge in [-0.15, -0.1) is 12.4 Å². The van der Waals surface area contributed by atoms with E-state index >= 15 is 0 Å². The van der Waals surface area contributed by atoms with Gasteiger partial charge in [-0.05, 0) is 49.9 Å². The van der Waals surface area contributed by atoms with Crippen LogP contribution in [-0.2, 0) is 4.74 Å². The first-order chi connectivity index (χ1) is 10.3. The molecule has 2 aliphatic heterocycles. The summed E-state index contributed by atoms with van der Waals surface area (Å²) in [5, 5.41) is 6.12. The van der Waals surface area contributed by atoms with Gasteiger partial charge in [-0.1, -0.05) is 12.1 Å². The lowest BCUT2D eigenvalue weighted by Gasteiger charge is -2.24. The first-order valence-electron chi connectivity index (χ1n) is 7.63. The van der Waals surface area contributed by atoms with Crippen LogP contribution in [-0.4, -0.2) is 38.3 Å². The van der Waals surface area contributed by atoms with Crippen molar-refractivity contribution in [1.29, 1.82) is 0 Å². The van der Waals surface area contributed by atoms with E-state index in [0.29, 0.717) is 18.8 Å². The number of benzene rings is 1. The maximum Gasteiger partial charge on any atom is 0.254 e. The minimum Gasteiger partial charge on any atom is -0.379 e. The second kappa shape index (κ2) is 7.90. The topological polar surface area (TPSA) is 50.4 Å². The fourth-order valence-corrected chi connectivity index (χ4v) is 3.08. The Balaban J connectivity index is 0.00000176. The van der Waals surface area contributed by atoms with Gasteiger partial charge in [-0.2, -0.15) is 0 Å². The highest BCUT2D eigenvalue weighted by molar-refractivity contribution is 5.95. The number of nitrogens with one attached hydrogen (secondary N) is 2. The van der Waals surface area contributed by atoms with Crippen LogP contribution in [0, 0.1) is 5.82 Å². The molecule has 2 fully saturated rings. The van der Waals surface area contributed by atoms with E-state index in [0.717, 1.165) is 32.4 Å². The second-order valence-corrected chi connectivity index (χ2v) is 5.77. The fourth-order valence-electron chi connectivity index (χ4n) is 3.08. The van der Waals surface area contributed by atoms with Gasteiger partial charge in [-0.25, -0.2) is 4.39 Å². The van der Waals surface area contributed by atoms with Crippen molar-refractivity contribution in [2.24, 2.45) is 0 Å². The average molecular weight is 329 g/mol. The van der Waals surface area contributed by atoms with Crippen molar-refractivity contribution in [3.8, 4) is 0 Å². The third-order valence-corrected chi connectivity index (χ3v) is 4.32. The van der Waals surface area contributed by atoms with E-state index in [4.69, 9.17) is 4.74 Å². The van der Waals surface area contributed by atoms with E-state index in [1.807, 2.05) is 0 Å². The number of carbonyl (C=O) groups excluding carboxylic acids is 1. The normalized spacial score (nSPS) is 22.1. The van der Waals surface area contributed by atoms with Crippen molar-refractivity contribution in [1.82, 2.24) is 10.6 Å². The zero-order valence-electron chi connectivity index (χ0n) is 12.4. The molecule has 0 spiro atoms. The van der Waals surface area contributed by atoms with Gasteiger partial charge in [0.2, 0.25) is 0 Å². The van der Waals surface area contributed by atoms with Gasteiger partial charge in [0.25, 0.3) is 5.91 Å². The number of ether oxygens (including phenoxy) is 1. The summed E-state index contributed by atoms with van der Waals surface area (Å²) in [6.07, 6.45) is 2.62. The monoisotopic (exact) mass is 328 g/mol. The molecule has 122 valence electrons. The molecular weight excluding hydrogens is 307 g/mol. The van der Waals surface area contributed by atoms with Crippen LogP contribution in [0.5, 0.6) is 0 Å². The minimum atomic E-state index is -0.360. The third kappa shape index (κ3) is 3.77. The molecule has 0 bridgehead atoms. The fraction of sp³-hybridized carbons (Fsp3) is 0.562. The summed E-state index contributed by atoms with van der Waals surface area (Å²) in [6, 6.07) is 5.14. The molecule has 2 saturated heterocycles. The van der Waals surface area contributed by atoms with Gasteiger partial charge in [-0.3, -0.25) is 4.79 Å². The van der Waals surface area contributed by atoms with Crippen molar-refractivity contribution in [2.45, 2.75) is 31.2 Å². The van der Waals surface area contributed by atoms with Crippen LogP contribution in [0.1, 0.15) is 41.1 Å². The summed E-state index contributed by atoms with van der Waals surface area (Å²) in [4.78, 5) is 12.2. The van der Waals surface area contributed by atoms with Crippen LogP contribution in [0.4, 0.5) is 4.39 Å². The zero-order chi connectivity index (χ0) is 14.7. The van der Waals surface area contributed by atoms with E-state index in [1.54, 1.807) is 18.2 Å². The average Bonchev–Trinajstić information content (AvgIpc) is 3.01. The van der Waals surface area contributed by atoms with Crippen LogP contribution in [0.3, 0.4) is 0 Å². The van der Waals surface area contributed by atoms with Crippen LogP contribution in [0.2, 0.25) is 0 Å². The van der Waals surface area contributed by atoms with Gasteiger partial charge < -0.3 is 15.4 Å². The Hall–Kier alpha value is -1.17. The van der Waals surface area contributed by atoms with E-state index in [9.17, 15) is 9.18 Å². The molecule has 0 aliphatic carbocycles. The Labute approximate surface area is 136 Å². The van der Waals surface area contributed by atoms with Gasteiger partial charge >= 0.3 is 0 Å². The van der Waals surface area contributed by atoms with Crippen molar-refractivity contribution < 1.29 is 13.9 Å². The summed E-state index contributed by atoms with van der Waals surface area (Å²) in [7, 11) is 0. The smallest absolute Gasteiger partial charge is 0.254 e. The molecule has 2 N–H and O–H groups in total. The van der Waals surface area contributed by atoms with Crippen LogP contribution in [0.25, 0.3) is 0 Å². The molecule has 6 heteroatoms. The van der Waals surface area contributed by atoms with E-state index in [2.05, 4.69) is 10.6 Å². The maximum absolute atomic E-state index is 14.7. The van der Waals surface area contributed by atoms with Gasteiger partial charge in [0.15, 0.2) is 0 Å². The van der Waals surface area contributed by atoms with Crippen molar-refractivity contribution in [3.05, 3.63) is 35.1 Å². The summed E-state index contributed by atoms with van der Waals surface area (Å²) >= 11 is 0. The molecule has 1 unspecified atom stereocenters. The Morgan fingerprint density at radius 3 is 2.73 bits per heavy atom. The molecule has 1 aromatic rings. The molecule has 1 amide bonds. The van der Waals surface area contributed by atoms with Crippen molar-refractivity contribution >= 4 is 18.3 Å². The lowest BCUT2D eigenvalue weighted by atomic mass is 9.88. The molecule has 1 atom stereocenters. The molecule has 2 aliphatic rings. The van der Waals surface area contributed by atoms with Gasteiger partial charge in [0.05, 0.1) is 18.2 Å². The highest BCUT2D eigenvalue weighted by atomic mass is 35.5. The number of carbonyl (C=O) groups is 1. The molecule has 22 heavy (non-hydrogen) atoms. The number of halogens is 2. The molecular formula is C16H22ClFN2O2. The van der Waals surface area contributed by atoms with Crippen LogP contribution >= 0.6 is 12.4 Å². The third-order valence-electron chi connectivity index (χ3n) is 4.32. The molecule has 0 saturated carbocycles. The molecule has 1 aromatic carbocycles. The van der Waals surface area contributed by atoms with E-state index in [-0.39, 0.29) is 41.7 Å². The molecule has 0 aromatic heterocycles. The summed E-state index contributed by atoms with van der Waals surface area (Å²) < 4.78 is 19.9. The van der Waals surface area contributed by atoms with E-state index in [1.165, 1.54) is 0 Å². The highest BCUT2D eigenvalue weighted by Crippen LogP contribution is 2.28. The zero-order valence-corrected chi connectivity index (χ0v) is 13.3. The largest absolute Gasteiger partial charge is 0.379 e. The second-order valence-electron chi connectivity index (χ2n) is 5.77. The predicted octanol–water partition coefficient (Wildman–Crippen LogP) is 2.23. The number of piperidine rings is 1. The molecule has 0 radical (unpaired) electrons. The Morgan fingerprint density at radius 1 is 1.27 bits per heavy atom. The molecule has 4 nitrogen and oxygen atoms in total. The van der Waals surface area contributed by atoms with Gasteiger partial charge in [0, 0.05) is 6.61 Å². The molecule has 3 rings (SSSR count). The minimum absolute atomic E-state index is 0. The van der Waals surface area contributed by atoms with Crippen molar-refractivity contribution in [3.63, 3.8) is 0 Å². The number of amides is 1. The number of rotatable bonds is 3. The highest BCUT2D eigenvalue weighted by Gasteiger charge is 2.24. The van der Waals surface area contributed by atoms with Crippen LogP contribution in [0.15, 0.2) is 18.2 Å². The van der Waals surface area contributed by atoms with Crippen LogP contribution < -0.4 is 10.6 Å². The lowest BCUT2D eigenvalue weighted by molar-refractivity contribution is 0.0925. The van der Waals surface area contributed by atoms with E-state index < -0.39 is 0 Å². The van der Waals surface area contributed by atoms with Gasteiger partial charge in [0.1, 0.15) is 5.82 Å². The Kier molecular flexibility index (Phi) is 6.17. The predicted molar refractivity (Wildman–Crippen MR) is 85.2 cm³/mol. The quantitative estimate of drug-likeness (QED) is 0.894. The first kappa shape index (κ1) is 17.2. The SMILES string of the molecule is Cl.O=C(NC1CCOC1)c1cccc(C2CCNCC2)c1F. The van der Waals surface area contributed by atoms with Crippen molar-refractivity contribution in [2.75, 3.05) is 26.3 Å². The number of hydrogen-bond donors (Lipinski definition) is 2. The Bertz CT molecular complexity index is 515. The summed E-state index contributed by atoms with van der Waals surface area (Å²) in [5.41, 5.74) is 0.824. The first-order valence-corrected chi connectivity index (χ1v) is 7.63. The lowest BCUT2D eigenvalue weighted by Crippen LogP contribution is -2.35. The number of hydrogen-bond acceptors (Lipinski definition) is 3. The molecule has 2 heterocycles. The Morgan fingerprint density at radius 2 is 2.05 bits per heavy atom. The standard InChI is InChI=1S/C16H21FN2O2.ClH/c17-15-13(11-4-7-18-8-5-11)2-1-3-14(15)16(20)19-12-6-9-21-10-12;/h1-3,11-12,18H,4-10H2,(H,19,20);1H. The summed E-state index contributed by atoms with van der Waals surface area (Å²) in [5.74, 6) is -0.492.